The molecule has 0 bridgehead atoms. The molecular formula is C18H23NO2. The van der Waals surface area contributed by atoms with Crippen molar-refractivity contribution in [3.05, 3.63) is 66.4 Å². The number of hydrogen-bond acceptors (Lipinski definition) is 2. The Labute approximate surface area is 126 Å². The zero-order valence-electron chi connectivity index (χ0n) is 12.5. The van der Waals surface area contributed by atoms with Crippen LogP contribution in [0.4, 0.5) is 0 Å². The maximum atomic E-state index is 10.5. The molecule has 0 heterocycles. The number of rotatable bonds is 9. The molecule has 112 valence electrons. The molecule has 0 unspecified atom stereocenters. The number of aliphatic carboxylic acids is 1. The summed E-state index contributed by atoms with van der Waals surface area (Å²) in [7, 11) is 2.03. The monoisotopic (exact) mass is 285 g/mol. The van der Waals surface area contributed by atoms with Gasteiger partial charge in [0.05, 0.1) is 0 Å². The van der Waals surface area contributed by atoms with Crippen LogP contribution in [-0.4, -0.2) is 29.6 Å². The summed E-state index contributed by atoms with van der Waals surface area (Å²) >= 11 is 0. The van der Waals surface area contributed by atoms with Crippen molar-refractivity contribution >= 4 is 12.0 Å². The van der Waals surface area contributed by atoms with Gasteiger partial charge in [0.2, 0.25) is 0 Å². The predicted molar refractivity (Wildman–Crippen MR) is 88.0 cm³/mol. The maximum absolute atomic E-state index is 10.5. The van der Waals surface area contributed by atoms with Crippen molar-refractivity contribution in [1.82, 2.24) is 4.90 Å². The van der Waals surface area contributed by atoms with Crippen molar-refractivity contribution in [3.63, 3.8) is 0 Å². The molecule has 3 heteroatoms. The van der Waals surface area contributed by atoms with E-state index in [4.69, 9.17) is 5.11 Å². The number of carboxylic acid groups (broad SMARTS) is 1. The van der Waals surface area contributed by atoms with E-state index in [-0.39, 0.29) is 6.42 Å². The summed E-state index contributed by atoms with van der Waals surface area (Å²) in [5.74, 6) is -0.756. The van der Waals surface area contributed by atoms with Crippen LogP contribution in [0.3, 0.4) is 0 Å². The fraction of sp³-hybridized carbons (Fsp3) is 0.278. The van der Waals surface area contributed by atoms with Gasteiger partial charge < -0.3 is 10.0 Å². The van der Waals surface area contributed by atoms with Gasteiger partial charge in [0.1, 0.15) is 0 Å². The molecule has 0 amide bonds. The molecule has 1 aromatic rings. The van der Waals surface area contributed by atoms with Crippen molar-refractivity contribution in [3.8, 4) is 0 Å². The van der Waals surface area contributed by atoms with E-state index in [1.807, 2.05) is 43.6 Å². The Morgan fingerprint density at radius 3 is 2.67 bits per heavy atom. The van der Waals surface area contributed by atoms with Gasteiger partial charge in [-0.25, -0.2) is 0 Å². The molecule has 0 aromatic heterocycles. The number of aryl methyl sites for hydroxylation is 1. The van der Waals surface area contributed by atoms with Crippen LogP contribution in [0, 0.1) is 0 Å². The first-order chi connectivity index (χ1) is 10.1. The number of allylic oxidation sites excluding steroid dienone is 2. The van der Waals surface area contributed by atoms with Crippen molar-refractivity contribution in [2.24, 2.45) is 0 Å². The number of carboxylic acids is 1. The van der Waals surface area contributed by atoms with Gasteiger partial charge in [0.15, 0.2) is 0 Å². The zero-order valence-corrected chi connectivity index (χ0v) is 12.5. The lowest BCUT2D eigenvalue weighted by Gasteiger charge is -2.11. The molecule has 0 radical (unpaired) electrons. The number of benzene rings is 1. The van der Waals surface area contributed by atoms with E-state index in [1.54, 1.807) is 6.08 Å². The normalized spacial score (nSPS) is 11.1. The molecule has 0 aliphatic heterocycles. The van der Waals surface area contributed by atoms with Gasteiger partial charge in [0, 0.05) is 20.0 Å². The van der Waals surface area contributed by atoms with Crippen LogP contribution in [0.2, 0.25) is 0 Å². The van der Waals surface area contributed by atoms with Crippen LogP contribution in [0.15, 0.2) is 55.3 Å². The highest BCUT2D eigenvalue weighted by atomic mass is 16.4. The third-order valence-corrected chi connectivity index (χ3v) is 3.04. The van der Waals surface area contributed by atoms with Crippen LogP contribution < -0.4 is 0 Å². The van der Waals surface area contributed by atoms with Crippen LogP contribution in [0.1, 0.15) is 24.0 Å². The summed E-state index contributed by atoms with van der Waals surface area (Å²) < 4.78 is 0. The lowest BCUT2D eigenvalue weighted by Crippen LogP contribution is -2.10. The van der Waals surface area contributed by atoms with E-state index in [2.05, 4.69) is 23.6 Å². The summed E-state index contributed by atoms with van der Waals surface area (Å²) in [6.45, 7) is 4.59. The smallest absolute Gasteiger partial charge is 0.303 e. The van der Waals surface area contributed by atoms with Crippen LogP contribution in [0.5, 0.6) is 0 Å². The summed E-state index contributed by atoms with van der Waals surface area (Å²) in [6.07, 6.45) is 11.6. The lowest BCUT2D eigenvalue weighted by atomic mass is 10.1. The van der Waals surface area contributed by atoms with E-state index >= 15 is 0 Å². The molecule has 0 aliphatic rings. The lowest BCUT2D eigenvalue weighted by molar-refractivity contribution is -0.136. The predicted octanol–water partition coefficient (Wildman–Crippen LogP) is 3.74. The summed E-state index contributed by atoms with van der Waals surface area (Å²) in [4.78, 5) is 12.6. The Balaban J connectivity index is 2.37. The zero-order chi connectivity index (χ0) is 15.5. The Morgan fingerprint density at radius 1 is 1.33 bits per heavy atom. The van der Waals surface area contributed by atoms with Gasteiger partial charge in [-0.1, -0.05) is 49.1 Å². The molecule has 0 atom stereocenters. The largest absolute Gasteiger partial charge is 0.481 e. The second-order valence-electron chi connectivity index (χ2n) is 4.88. The van der Waals surface area contributed by atoms with E-state index in [0.29, 0.717) is 6.42 Å². The first-order valence-electron chi connectivity index (χ1n) is 7.08. The first-order valence-corrected chi connectivity index (χ1v) is 7.08. The Kier molecular flexibility index (Phi) is 7.65. The molecule has 0 fully saturated rings. The molecule has 0 saturated heterocycles. The van der Waals surface area contributed by atoms with Gasteiger partial charge in [0.25, 0.3) is 0 Å². The van der Waals surface area contributed by atoms with Gasteiger partial charge in [-0.2, -0.15) is 0 Å². The molecule has 1 rings (SSSR count). The molecule has 0 aliphatic carbocycles. The fourth-order valence-corrected chi connectivity index (χ4v) is 1.83. The van der Waals surface area contributed by atoms with Gasteiger partial charge in [-0.15, -0.1) is 0 Å². The average molecular weight is 285 g/mol. The quantitative estimate of drug-likeness (QED) is 0.703. The highest BCUT2D eigenvalue weighted by Crippen LogP contribution is 2.09. The standard InChI is InChI=1S/C18H23NO2/c1-3-4-14-19(2)15-6-5-7-16-8-10-17(11-9-16)12-13-18(20)21/h3-5,7-11,14H,1,6,12-13,15H2,2H3,(H,20,21)/b7-5+,14-4-. The van der Waals surface area contributed by atoms with Crippen LogP contribution in [0.25, 0.3) is 6.08 Å². The van der Waals surface area contributed by atoms with E-state index in [1.165, 1.54) is 0 Å². The van der Waals surface area contributed by atoms with Gasteiger partial charge >= 0.3 is 5.97 Å². The van der Waals surface area contributed by atoms with Gasteiger partial charge in [-0.3, -0.25) is 4.79 Å². The second kappa shape index (κ2) is 9.59. The van der Waals surface area contributed by atoms with E-state index in [9.17, 15) is 4.79 Å². The minimum Gasteiger partial charge on any atom is -0.481 e. The van der Waals surface area contributed by atoms with Crippen LogP contribution in [-0.2, 0) is 11.2 Å². The number of carbonyl (C=O) groups is 1. The topological polar surface area (TPSA) is 40.5 Å². The fourth-order valence-electron chi connectivity index (χ4n) is 1.83. The highest BCUT2D eigenvalue weighted by molar-refractivity contribution is 5.67. The summed E-state index contributed by atoms with van der Waals surface area (Å²) in [6, 6.07) is 8.02. The van der Waals surface area contributed by atoms with Crippen molar-refractivity contribution < 1.29 is 9.90 Å². The molecule has 21 heavy (non-hydrogen) atoms. The maximum Gasteiger partial charge on any atom is 0.303 e. The second-order valence-corrected chi connectivity index (χ2v) is 4.88. The Bertz CT molecular complexity index is 500. The van der Waals surface area contributed by atoms with Crippen molar-refractivity contribution in [1.29, 1.82) is 0 Å². The molecule has 1 N–H and O–H groups in total. The van der Waals surface area contributed by atoms with Crippen LogP contribution >= 0.6 is 0 Å². The SMILES string of the molecule is C=C/C=C\N(C)CC/C=C/c1ccc(CCC(=O)O)cc1. The average Bonchev–Trinajstić information content (AvgIpc) is 2.48. The Hall–Kier alpha value is -2.29. The molecule has 0 saturated carbocycles. The summed E-state index contributed by atoms with van der Waals surface area (Å²) in [5.41, 5.74) is 2.20. The molecule has 1 aromatic carbocycles. The molecule has 3 nitrogen and oxygen atoms in total. The highest BCUT2D eigenvalue weighted by Gasteiger charge is 1.98. The minimum atomic E-state index is -0.756. The summed E-state index contributed by atoms with van der Waals surface area (Å²) in [5, 5.41) is 8.65. The third kappa shape index (κ3) is 7.78. The van der Waals surface area contributed by atoms with E-state index < -0.39 is 5.97 Å². The van der Waals surface area contributed by atoms with Gasteiger partial charge in [-0.05, 0) is 36.2 Å². The van der Waals surface area contributed by atoms with E-state index in [0.717, 1.165) is 24.1 Å². The minimum absolute atomic E-state index is 0.180. The molecule has 0 spiro atoms. The van der Waals surface area contributed by atoms with Crippen molar-refractivity contribution in [2.45, 2.75) is 19.3 Å². The molecular weight excluding hydrogens is 262 g/mol. The third-order valence-electron chi connectivity index (χ3n) is 3.04. The van der Waals surface area contributed by atoms with Crippen molar-refractivity contribution in [2.75, 3.05) is 13.6 Å². The Morgan fingerprint density at radius 2 is 2.05 bits per heavy atom. The first kappa shape index (κ1) is 16.8. The number of nitrogens with zero attached hydrogens (tertiary/aromatic N) is 1. The number of hydrogen-bond donors (Lipinski definition) is 1.